The fourth-order valence-electron chi connectivity index (χ4n) is 5.68. The number of nitrogens with one attached hydrogen (secondary N) is 1. The van der Waals surface area contributed by atoms with Crippen molar-refractivity contribution >= 4 is 23.7 Å². The van der Waals surface area contributed by atoms with Gasteiger partial charge in [0.2, 0.25) is 11.7 Å². The lowest BCUT2D eigenvalue weighted by molar-refractivity contribution is -0.269. The highest BCUT2D eigenvalue weighted by Gasteiger charge is 2.52. The molecule has 0 aliphatic carbocycles. The first kappa shape index (κ1) is 38.2. The smallest absolute Gasteiger partial charge is 0.383 e. The average Bonchev–Trinajstić information content (AvgIpc) is 3.13. The van der Waals surface area contributed by atoms with Gasteiger partial charge in [-0.2, -0.15) is 8.78 Å². The van der Waals surface area contributed by atoms with Gasteiger partial charge in [-0.1, -0.05) is 117 Å². The van der Waals surface area contributed by atoms with E-state index in [-0.39, 0.29) is 26.2 Å². The molecule has 4 aromatic carbocycles. The maximum absolute atomic E-state index is 16.0. The van der Waals surface area contributed by atoms with Crippen molar-refractivity contribution in [2.24, 2.45) is 5.92 Å². The summed E-state index contributed by atoms with van der Waals surface area (Å²) in [5.41, 5.74) is 2.49. The molecule has 2 atom stereocenters. The van der Waals surface area contributed by atoms with Crippen LogP contribution in [0.25, 0.3) is 0 Å². The van der Waals surface area contributed by atoms with Crippen molar-refractivity contribution in [3.8, 4) is 5.75 Å². The topological polar surface area (TPSA) is 119 Å². The van der Waals surface area contributed by atoms with E-state index in [1.54, 1.807) is 98.8 Å². The molecule has 0 saturated carbocycles. The minimum Gasteiger partial charge on any atom is -0.530 e. The highest BCUT2D eigenvalue weighted by molar-refractivity contribution is 6.10. The van der Waals surface area contributed by atoms with Gasteiger partial charge in [0, 0.05) is 26.1 Å². The number of ketones is 1. The standard InChI is InChI=1S/C40H43F2N3O6/c1-4-44(25-30-14-8-5-9-15-30)38(48)40(41,42)36(46)34(24-29-20-22-33(23-21-29)51-27-32-18-12-7-13-19-32)43-37(47)35(28(2)3)45(39(49)50)26-31-16-10-6-11-17-31/h5-23,28,34-35H,4,24-27H2,1-3H3,(H,43,47)(H,49,50)/p-1/t34-,35-/m0/s1. The monoisotopic (exact) mass is 698 g/mol. The van der Waals surface area contributed by atoms with E-state index in [1.165, 1.54) is 6.92 Å². The Bertz CT molecular complexity index is 1740. The Hall–Kier alpha value is -5.58. The number of hydrogen-bond donors (Lipinski definition) is 1. The number of Topliss-reactive ketones (excluding diaryl/α,β-unsaturated/α-hetero) is 1. The Morgan fingerprint density at radius 1 is 0.745 bits per heavy atom. The quantitative estimate of drug-likeness (QED) is 0.147. The molecule has 3 amide bonds. The van der Waals surface area contributed by atoms with Gasteiger partial charge in [-0.15, -0.1) is 0 Å². The van der Waals surface area contributed by atoms with Crippen molar-refractivity contribution in [2.75, 3.05) is 6.54 Å². The Morgan fingerprint density at radius 2 is 1.25 bits per heavy atom. The minimum atomic E-state index is -4.52. The summed E-state index contributed by atoms with van der Waals surface area (Å²) in [6.45, 7) is 4.52. The number of amides is 3. The second kappa shape index (κ2) is 17.9. The van der Waals surface area contributed by atoms with Crippen molar-refractivity contribution in [3.05, 3.63) is 138 Å². The van der Waals surface area contributed by atoms with Crippen molar-refractivity contribution < 1.29 is 37.8 Å². The van der Waals surface area contributed by atoms with Crippen LogP contribution in [0.2, 0.25) is 0 Å². The lowest BCUT2D eigenvalue weighted by Crippen LogP contribution is -2.60. The number of carbonyl (C=O) groups is 4. The summed E-state index contributed by atoms with van der Waals surface area (Å²) >= 11 is 0. The molecule has 0 heterocycles. The maximum Gasteiger partial charge on any atom is 0.383 e. The average molecular weight is 699 g/mol. The number of halogens is 2. The molecule has 0 aliphatic heterocycles. The predicted octanol–water partition coefficient (Wildman–Crippen LogP) is 5.42. The fraction of sp³-hybridized carbons (Fsp3) is 0.300. The van der Waals surface area contributed by atoms with Crippen molar-refractivity contribution in [3.63, 3.8) is 0 Å². The van der Waals surface area contributed by atoms with Crippen LogP contribution in [0.3, 0.4) is 0 Å². The molecular weight excluding hydrogens is 656 g/mol. The maximum atomic E-state index is 16.0. The van der Waals surface area contributed by atoms with Gasteiger partial charge in [-0.3, -0.25) is 14.4 Å². The summed E-state index contributed by atoms with van der Waals surface area (Å²) in [6, 6.07) is 29.5. The van der Waals surface area contributed by atoms with Crippen LogP contribution in [0, 0.1) is 5.92 Å². The minimum absolute atomic E-state index is 0.104. The molecular formula is C40H42F2N3O6-. The number of rotatable bonds is 17. The van der Waals surface area contributed by atoms with E-state index in [1.807, 2.05) is 30.3 Å². The lowest BCUT2D eigenvalue weighted by atomic mass is 9.95. The molecule has 4 rings (SSSR count). The SMILES string of the molecule is CCN(Cc1ccccc1)C(=O)C(F)(F)C(=O)[C@H](Cc1ccc(OCc2ccccc2)cc1)NC(=O)[C@H](C(C)C)N(Cc1ccccc1)C(=O)[O-]. The number of benzene rings is 4. The zero-order chi connectivity index (χ0) is 37.0. The van der Waals surface area contributed by atoms with Crippen LogP contribution in [0.5, 0.6) is 5.75 Å². The molecule has 51 heavy (non-hydrogen) atoms. The van der Waals surface area contributed by atoms with E-state index in [0.29, 0.717) is 22.4 Å². The number of carbonyl (C=O) groups excluding carboxylic acids is 4. The molecule has 268 valence electrons. The lowest BCUT2D eigenvalue weighted by Gasteiger charge is -2.36. The van der Waals surface area contributed by atoms with Crippen LogP contribution in [0.4, 0.5) is 13.6 Å². The van der Waals surface area contributed by atoms with Crippen LogP contribution in [-0.2, 0) is 40.5 Å². The fourth-order valence-corrected chi connectivity index (χ4v) is 5.68. The summed E-state index contributed by atoms with van der Waals surface area (Å²) in [6.07, 6.45) is -2.06. The second-order valence-electron chi connectivity index (χ2n) is 12.5. The second-order valence-corrected chi connectivity index (χ2v) is 12.5. The third-order valence-electron chi connectivity index (χ3n) is 8.37. The Balaban J connectivity index is 1.61. The summed E-state index contributed by atoms with van der Waals surface area (Å²) in [7, 11) is 0. The van der Waals surface area contributed by atoms with Crippen LogP contribution >= 0.6 is 0 Å². The van der Waals surface area contributed by atoms with Gasteiger partial charge in [0.05, 0.1) is 6.04 Å². The molecule has 0 radical (unpaired) electrons. The van der Waals surface area contributed by atoms with Gasteiger partial charge in [0.1, 0.15) is 24.5 Å². The molecule has 0 spiro atoms. The molecule has 4 aromatic rings. The number of alkyl halides is 2. The first-order valence-electron chi connectivity index (χ1n) is 16.7. The van der Waals surface area contributed by atoms with Crippen molar-refractivity contribution in [2.45, 2.75) is 64.9 Å². The van der Waals surface area contributed by atoms with Gasteiger partial charge < -0.3 is 29.8 Å². The van der Waals surface area contributed by atoms with E-state index in [4.69, 9.17) is 4.74 Å². The van der Waals surface area contributed by atoms with E-state index in [2.05, 4.69) is 5.32 Å². The van der Waals surface area contributed by atoms with Crippen molar-refractivity contribution in [1.82, 2.24) is 15.1 Å². The molecule has 0 aliphatic rings. The molecule has 1 N–H and O–H groups in total. The molecule has 0 fully saturated rings. The zero-order valence-electron chi connectivity index (χ0n) is 28.8. The molecule has 0 unspecified atom stereocenters. The Labute approximate surface area is 296 Å². The largest absolute Gasteiger partial charge is 0.530 e. The van der Waals surface area contributed by atoms with Gasteiger partial charge >= 0.3 is 11.8 Å². The van der Waals surface area contributed by atoms with Crippen LogP contribution in [0.1, 0.15) is 43.0 Å². The van der Waals surface area contributed by atoms with Crippen molar-refractivity contribution in [1.29, 1.82) is 0 Å². The van der Waals surface area contributed by atoms with E-state index in [9.17, 15) is 24.3 Å². The summed E-state index contributed by atoms with van der Waals surface area (Å²) in [5.74, 6) is -9.18. The number of hydrogen-bond acceptors (Lipinski definition) is 6. The highest BCUT2D eigenvalue weighted by atomic mass is 19.3. The van der Waals surface area contributed by atoms with Crippen LogP contribution in [0.15, 0.2) is 115 Å². The van der Waals surface area contributed by atoms with Gasteiger partial charge in [-0.25, -0.2) is 0 Å². The van der Waals surface area contributed by atoms with E-state index >= 15 is 8.78 Å². The predicted molar refractivity (Wildman–Crippen MR) is 186 cm³/mol. The first-order chi connectivity index (χ1) is 24.4. The number of ether oxygens (including phenoxy) is 1. The Kier molecular flexibility index (Phi) is 13.4. The first-order valence-corrected chi connectivity index (χ1v) is 16.7. The third kappa shape index (κ3) is 10.5. The summed E-state index contributed by atoms with van der Waals surface area (Å²) in [4.78, 5) is 54.9. The summed E-state index contributed by atoms with van der Waals surface area (Å²) in [5, 5.41) is 14.7. The highest BCUT2D eigenvalue weighted by Crippen LogP contribution is 2.25. The normalized spacial score (nSPS) is 12.4. The van der Waals surface area contributed by atoms with Gasteiger partial charge in [0.25, 0.3) is 0 Å². The van der Waals surface area contributed by atoms with Gasteiger partial charge in [-0.05, 0) is 47.2 Å². The van der Waals surface area contributed by atoms with E-state index in [0.717, 1.165) is 15.4 Å². The van der Waals surface area contributed by atoms with E-state index < -0.39 is 54.0 Å². The summed E-state index contributed by atoms with van der Waals surface area (Å²) < 4.78 is 37.8. The molecule has 0 aromatic heterocycles. The molecule has 9 nitrogen and oxygen atoms in total. The number of carboxylic acid groups (broad SMARTS) is 1. The van der Waals surface area contributed by atoms with Crippen LogP contribution < -0.4 is 15.2 Å². The zero-order valence-corrected chi connectivity index (χ0v) is 28.8. The molecule has 0 saturated heterocycles. The third-order valence-corrected chi connectivity index (χ3v) is 8.37. The molecule has 0 bridgehead atoms. The number of nitrogens with zero attached hydrogens (tertiary/aromatic N) is 2. The Morgan fingerprint density at radius 3 is 1.75 bits per heavy atom. The van der Waals surface area contributed by atoms with Gasteiger partial charge in [0.15, 0.2) is 0 Å². The molecule has 11 heteroatoms. The van der Waals surface area contributed by atoms with Crippen LogP contribution in [-0.4, -0.2) is 58.0 Å².